The van der Waals surface area contributed by atoms with E-state index in [4.69, 9.17) is 4.74 Å². The molecule has 0 saturated carbocycles. The van der Waals surface area contributed by atoms with Crippen molar-refractivity contribution in [1.29, 1.82) is 0 Å². The Balaban J connectivity index is 1.63. The number of carbonyl (C=O) groups excluding carboxylic acids is 3. The van der Waals surface area contributed by atoms with Crippen LogP contribution < -0.4 is 5.32 Å². The molecule has 10 heteroatoms. The van der Waals surface area contributed by atoms with E-state index >= 15 is 0 Å². The number of rotatable bonds is 7. The number of aryl methyl sites for hydroxylation is 1. The number of aromatic nitrogens is 1. The third kappa shape index (κ3) is 4.00. The van der Waals surface area contributed by atoms with Gasteiger partial charge in [-0.15, -0.1) is 11.8 Å². The number of aliphatic carboxylic acids is 1. The lowest BCUT2D eigenvalue weighted by Gasteiger charge is -2.49. The van der Waals surface area contributed by atoms with Crippen LogP contribution in [0.2, 0.25) is 0 Å². The first-order valence-electron chi connectivity index (χ1n) is 8.32. The zero-order valence-corrected chi connectivity index (χ0v) is 15.4. The minimum atomic E-state index is -1.26. The smallest absolute Gasteiger partial charge is 0.352 e. The van der Waals surface area contributed by atoms with Gasteiger partial charge in [0.15, 0.2) is 0 Å². The van der Waals surface area contributed by atoms with Gasteiger partial charge in [0.1, 0.15) is 23.7 Å². The first kappa shape index (κ1) is 19.0. The number of hydrogen-bond acceptors (Lipinski definition) is 6. The first-order chi connectivity index (χ1) is 12.9. The highest BCUT2D eigenvalue weighted by Gasteiger charge is 2.54. The highest BCUT2D eigenvalue weighted by atomic mass is 32.2. The quantitative estimate of drug-likeness (QED) is 0.501. The van der Waals surface area contributed by atoms with Crippen LogP contribution >= 0.6 is 11.8 Å². The van der Waals surface area contributed by atoms with E-state index in [0.29, 0.717) is 17.9 Å². The number of carbonyl (C=O) groups is 4. The van der Waals surface area contributed by atoms with E-state index in [0.717, 1.165) is 4.90 Å². The summed E-state index contributed by atoms with van der Waals surface area (Å²) in [5.74, 6) is -2.22. The normalized spacial score (nSPS) is 21.4. The number of ether oxygens (including phenoxy) is 1. The second kappa shape index (κ2) is 7.87. The summed E-state index contributed by atoms with van der Waals surface area (Å²) in [6.07, 6.45) is 3.90. The molecular weight excluding hydrogens is 374 g/mol. The third-order valence-electron chi connectivity index (χ3n) is 4.28. The van der Waals surface area contributed by atoms with Crippen LogP contribution in [0.15, 0.2) is 35.8 Å². The molecule has 27 heavy (non-hydrogen) atoms. The molecule has 0 radical (unpaired) electrons. The Morgan fingerprint density at radius 3 is 2.67 bits per heavy atom. The van der Waals surface area contributed by atoms with Gasteiger partial charge in [-0.25, -0.2) is 4.79 Å². The summed E-state index contributed by atoms with van der Waals surface area (Å²) < 4.78 is 6.74. The van der Waals surface area contributed by atoms with Crippen LogP contribution in [0.4, 0.5) is 0 Å². The van der Waals surface area contributed by atoms with Gasteiger partial charge in [-0.3, -0.25) is 19.3 Å². The molecule has 1 aromatic rings. The van der Waals surface area contributed by atoms with Crippen LogP contribution in [-0.4, -0.2) is 62.1 Å². The SMILES string of the molecule is CC(=O)OCC1=C(C(=O)O)N2C(=O)C(NC(=O)CCn3cccc3)C2SC1. The summed E-state index contributed by atoms with van der Waals surface area (Å²) in [7, 11) is 0. The molecule has 0 spiro atoms. The van der Waals surface area contributed by atoms with Crippen molar-refractivity contribution in [2.24, 2.45) is 0 Å². The van der Waals surface area contributed by atoms with Gasteiger partial charge in [0.2, 0.25) is 5.91 Å². The number of amides is 2. The first-order valence-corrected chi connectivity index (χ1v) is 9.37. The minimum absolute atomic E-state index is 0.164. The number of thioether (sulfide) groups is 1. The number of nitrogens with zero attached hydrogens (tertiary/aromatic N) is 2. The van der Waals surface area contributed by atoms with Crippen molar-refractivity contribution in [2.45, 2.75) is 31.3 Å². The third-order valence-corrected chi connectivity index (χ3v) is 5.62. The summed E-state index contributed by atoms with van der Waals surface area (Å²) in [5.41, 5.74) is 0.201. The Bertz CT molecular complexity index is 804. The second-order valence-electron chi connectivity index (χ2n) is 6.16. The van der Waals surface area contributed by atoms with Crippen LogP contribution in [0.3, 0.4) is 0 Å². The molecule has 144 valence electrons. The van der Waals surface area contributed by atoms with Crippen LogP contribution in [0.25, 0.3) is 0 Å². The number of fused-ring (bicyclic) bond motifs is 1. The van der Waals surface area contributed by atoms with E-state index < -0.39 is 29.3 Å². The molecule has 2 N–H and O–H groups in total. The monoisotopic (exact) mass is 393 g/mol. The summed E-state index contributed by atoms with van der Waals surface area (Å²) in [4.78, 5) is 48.3. The van der Waals surface area contributed by atoms with Crippen molar-refractivity contribution in [1.82, 2.24) is 14.8 Å². The summed E-state index contributed by atoms with van der Waals surface area (Å²) in [5, 5.41) is 11.7. The molecule has 2 amide bonds. The van der Waals surface area contributed by atoms with Gasteiger partial charge < -0.3 is 19.7 Å². The van der Waals surface area contributed by atoms with E-state index in [1.165, 1.54) is 18.7 Å². The molecule has 9 nitrogen and oxygen atoms in total. The van der Waals surface area contributed by atoms with Crippen molar-refractivity contribution in [2.75, 3.05) is 12.4 Å². The standard InChI is InChI=1S/C17H19N3O6S/c1-10(21)26-8-11-9-27-16-13(15(23)20(16)14(11)17(24)25)18-12(22)4-7-19-5-2-3-6-19/h2-3,5-6,13,16H,4,7-9H2,1H3,(H,18,22)(H,24,25). The van der Waals surface area contributed by atoms with Crippen molar-refractivity contribution < 1.29 is 29.0 Å². The molecule has 0 bridgehead atoms. The van der Waals surface area contributed by atoms with Crippen molar-refractivity contribution in [3.63, 3.8) is 0 Å². The highest BCUT2D eigenvalue weighted by molar-refractivity contribution is 8.00. The molecule has 2 aliphatic heterocycles. The van der Waals surface area contributed by atoms with Gasteiger partial charge in [-0.1, -0.05) is 0 Å². The molecule has 1 fully saturated rings. The predicted molar refractivity (Wildman–Crippen MR) is 95.4 cm³/mol. The number of carboxylic acids is 1. The summed E-state index contributed by atoms with van der Waals surface area (Å²) >= 11 is 1.34. The van der Waals surface area contributed by atoms with Crippen LogP contribution in [-0.2, 0) is 30.5 Å². The van der Waals surface area contributed by atoms with E-state index in [1.54, 1.807) is 0 Å². The van der Waals surface area contributed by atoms with Gasteiger partial charge in [-0.2, -0.15) is 0 Å². The largest absolute Gasteiger partial charge is 0.477 e. The van der Waals surface area contributed by atoms with Crippen molar-refractivity contribution in [3.8, 4) is 0 Å². The number of nitrogens with one attached hydrogen (secondary N) is 1. The fourth-order valence-electron chi connectivity index (χ4n) is 2.98. The molecule has 2 aliphatic rings. The molecule has 0 aliphatic carbocycles. The zero-order chi connectivity index (χ0) is 19.6. The van der Waals surface area contributed by atoms with E-state index in [9.17, 15) is 24.3 Å². The zero-order valence-electron chi connectivity index (χ0n) is 14.6. The molecule has 1 saturated heterocycles. The number of β-lactam (4-membered cyclic amide) rings is 1. The Labute approximate surface area is 159 Å². The fourth-order valence-corrected chi connectivity index (χ4v) is 4.31. The Hall–Kier alpha value is -2.75. The van der Waals surface area contributed by atoms with Gasteiger partial charge in [0.05, 0.1) is 0 Å². The molecule has 3 heterocycles. The van der Waals surface area contributed by atoms with E-state index in [1.807, 2.05) is 29.1 Å². The maximum absolute atomic E-state index is 12.5. The van der Waals surface area contributed by atoms with Gasteiger partial charge in [0, 0.05) is 43.6 Å². The summed E-state index contributed by atoms with van der Waals surface area (Å²) in [6, 6.07) is 2.96. The topological polar surface area (TPSA) is 118 Å². The molecule has 2 atom stereocenters. The Morgan fingerprint density at radius 2 is 2.04 bits per heavy atom. The average molecular weight is 393 g/mol. The van der Waals surface area contributed by atoms with E-state index in [2.05, 4.69) is 5.32 Å². The Kier molecular flexibility index (Phi) is 5.54. The average Bonchev–Trinajstić information content (AvgIpc) is 3.15. The van der Waals surface area contributed by atoms with Gasteiger partial charge >= 0.3 is 11.9 Å². The van der Waals surface area contributed by atoms with Gasteiger partial charge in [-0.05, 0) is 12.1 Å². The molecule has 0 aromatic carbocycles. The predicted octanol–water partition coefficient (Wildman–Crippen LogP) is 0.180. The van der Waals surface area contributed by atoms with E-state index in [-0.39, 0.29) is 24.6 Å². The molecule has 2 unspecified atom stereocenters. The lowest BCUT2D eigenvalue weighted by molar-refractivity contribution is -0.151. The molecule has 3 rings (SSSR count). The fraction of sp³-hybridized carbons (Fsp3) is 0.412. The molecular formula is C17H19N3O6S. The van der Waals surface area contributed by atoms with Crippen LogP contribution in [0, 0.1) is 0 Å². The Morgan fingerprint density at radius 1 is 1.33 bits per heavy atom. The molecule has 1 aromatic heterocycles. The highest BCUT2D eigenvalue weighted by Crippen LogP contribution is 2.40. The summed E-state index contributed by atoms with van der Waals surface area (Å²) in [6.45, 7) is 1.55. The van der Waals surface area contributed by atoms with Crippen LogP contribution in [0.1, 0.15) is 13.3 Å². The lowest BCUT2D eigenvalue weighted by atomic mass is 10.0. The number of hydrogen-bond donors (Lipinski definition) is 2. The number of carboxylic acid groups (broad SMARTS) is 1. The maximum Gasteiger partial charge on any atom is 0.352 e. The lowest BCUT2D eigenvalue weighted by Crippen LogP contribution is -2.70. The number of esters is 1. The minimum Gasteiger partial charge on any atom is -0.477 e. The van der Waals surface area contributed by atoms with Crippen molar-refractivity contribution in [3.05, 3.63) is 35.8 Å². The second-order valence-corrected chi connectivity index (χ2v) is 7.27. The van der Waals surface area contributed by atoms with Crippen LogP contribution in [0.5, 0.6) is 0 Å². The maximum atomic E-state index is 12.5. The van der Waals surface area contributed by atoms with Gasteiger partial charge in [0.25, 0.3) is 5.91 Å². The van der Waals surface area contributed by atoms with Crippen molar-refractivity contribution >= 4 is 35.5 Å².